The molecule has 4 aromatic rings. The van der Waals surface area contributed by atoms with Crippen molar-refractivity contribution in [2.45, 2.75) is 19.5 Å². The summed E-state index contributed by atoms with van der Waals surface area (Å²) in [6.07, 6.45) is 2.92. The van der Waals surface area contributed by atoms with E-state index in [9.17, 15) is 9.59 Å². The van der Waals surface area contributed by atoms with Gasteiger partial charge in [-0.25, -0.2) is 9.37 Å². The van der Waals surface area contributed by atoms with Gasteiger partial charge in [0.25, 0.3) is 5.91 Å². The fraction of sp³-hybridized carbons (Fsp3) is 0.269. The summed E-state index contributed by atoms with van der Waals surface area (Å²) in [4.78, 5) is 32.9. The zero-order valence-corrected chi connectivity index (χ0v) is 21.1. The van der Waals surface area contributed by atoms with Crippen molar-refractivity contribution in [1.29, 1.82) is 0 Å². The first-order valence-corrected chi connectivity index (χ1v) is 12.3. The van der Waals surface area contributed by atoms with Gasteiger partial charge in [-0.3, -0.25) is 9.59 Å². The number of anilines is 3. The van der Waals surface area contributed by atoms with Crippen LogP contribution in [0.5, 0.6) is 0 Å². The molecule has 0 spiro atoms. The molecule has 2 amide bonds. The first-order valence-electron chi connectivity index (χ1n) is 12.3. The number of hydrogen-bond donors (Lipinski definition) is 3. The summed E-state index contributed by atoms with van der Waals surface area (Å²) >= 11 is 0. The molecule has 1 saturated heterocycles. The molecule has 4 N–H and O–H groups in total. The Morgan fingerprint density at radius 3 is 2.67 bits per heavy atom. The zero-order valence-electron chi connectivity index (χ0n) is 21.1. The van der Waals surface area contributed by atoms with Crippen LogP contribution in [0.25, 0.3) is 11.3 Å². The number of amides is 2. The molecular weight excluding hydrogens is 507 g/mol. The van der Waals surface area contributed by atoms with E-state index in [1.54, 1.807) is 48.2 Å². The van der Waals surface area contributed by atoms with Gasteiger partial charge in [0.05, 0.1) is 17.9 Å². The Hall–Kier alpha value is -4.94. The van der Waals surface area contributed by atoms with Crippen molar-refractivity contribution in [2.24, 2.45) is 0 Å². The molecule has 3 aromatic heterocycles. The predicted octanol–water partition coefficient (Wildman–Crippen LogP) is 2.53. The topological polar surface area (TPSA) is 156 Å². The molecule has 1 atom stereocenters. The second kappa shape index (κ2) is 11.2. The van der Waals surface area contributed by atoms with E-state index in [4.69, 9.17) is 14.8 Å². The standard InChI is InChI=1S/C26H27FN8O4/c1-16(31-25(36)24-20(28)3-2-7-29-24)26(37)35-10-8-34(9-11-35)22-5-4-17(13-19(22)27)21-14-18(39-32-21)15-30-23-6-12-38-33-23/h2-7,12-14,16H,8-11,15,28H2,1H3,(H,30,33)(H,31,36)/t16-/m0/s1. The number of hydrogen-bond acceptors (Lipinski definition) is 10. The Kier molecular flexibility index (Phi) is 7.39. The second-order valence-corrected chi connectivity index (χ2v) is 9.03. The third kappa shape index (κ3) is 5.81. The van der Waals surface area contributed by atoms with Gasteiger partial charge in [0.2, 0.25) is 5.91 Å². The van der Waals surface area contributed by atoms with Gasteiger partial charge in [-0.05, 0) is 31.2 Å². The third-order valence-electron chi connectivity index (χ3n) is 6.39. The highest BCUT2D eigenvalue weighted by atomic mass is 19.1. The summed E-state index contributed by atoms with van der Waals surface area (Å²) in [5.41, 5.74) is 7.64. The minimum atomic E-state index is -0.764. The van der Waals surface area contributed by atoms with Crippen LogP contribution in [-0.4, -0.2) is 64.2 Å². The number of nitrogens with two attached hydrogens (primary N) is 1. The quantitative estimate of drug-likeness (QED) is 0.307. The number of pyridine rings is 1. The van der Waals surface area contributed by atoms with Crippen LogP contribution in [0, 0.1) is 5.82 Å². The molecule has 1 aliphatic heterocycles. The first-order chi connectivity index (χ1) is 18.9. The van der Waals surface area contributed by atoms with Crippen molar-refractivity contribution >= 4 is 29.0 Å². The van der Waals surface area contributed by atoms with E-state index in [0.29, 0.717) is 61.2 Å². The van der Waals surface area contributed by atoms with Gasteiger partial charge in [-0.2, -0.15) is 0 Å². The molecule has 1 fully saturated rings. The van der Waals surface area contributed by atoms with E-state index in [-0.39, 0.29) is 17.3 Å². The number of carbonyl (C=O) groups is 2. The molecule has 39 heavy (non-hydrogen) atoms. The Morgan fingerprint density at radius 2 is 1.95 bits per heavy atom. The number of halogens is 1. The van der Waals surface area contributed by atoms with Gasteiger partial charge in [0, 0.05) is 50.1 Å². The molecule has 0 bridgehead atoms. The van der Waals surface area contributed by atoms with E-state index in [0.717, 1.165) is 0 Å². The van der Waals surface area contributed by atoms with Crippen molar-refractivity contribution in [3.63, 3.8) is 0 Å². The molecule has 0 unspecified atom stereocenters. The molecule has 5 rings (SSSR count). The molecule has 0 saturated carbocycles. The van der Waals surface area contributed by atoms with Crippen molar-refractivity contribution in [1.82, 2.24) is 25.5 Å². The van der Waals surface area contributed by atoms with Crippen LogP contribution < -0.4 is 21.3 Å². The van der Waals surface area contributed by atoms with Gasteiger partial charge >= 0.3 is 0 Å². The van der Waals surface area contributed by atoms with Crippen LogP contribution >= 0.6 is 0 Å². The van der Waals surface area contributed by atoms with E-state index in [1.807, 2.05) is 4.90 Å². The summed E-state index contributed by atoms with van der Waals surface area (Å²) in [5.74, 6) is -0.00856. The van der Waals surface area contributed by atoms with Gasteiger partial charge in [0.15, 0.2) is 17.3 Å². The molecule has 12 nitrogen and oxygen atoms in total. The highest BCUT2D eigenvalue weighted by Crippen LogP contribution is 2.27. The van der Waals surface area contributed by atoms with E-state index in [2.05, 4.69) is 25.9 Å². The second-order valence-electron chi connectivity index (χ2n) is 9.03. The smallest absolute Gasteiger partial charge is 0.272 e. The summed E-state index contributed by atoms with van der Waals surface area (Å²) in [6.45, 7) is 3.62. The number of carbonyl (C=O) groups excluding carboxylic acids is 2. The largest absolute Gasteiger partial charge is 0.397 e. The highest BCUT2D eigenvalue weighted by molar-refractivity contribution is 5.99. The fourth-order valence-electron chi connectivity index (χ4n) is 4.31. The average Bonchev–Trinajstić information content (AvgIpc) is 3.64. The number of piperazine rings is 1. The minimum absolute atomic E-state index is 0.0750. The summed E-state index contributed by atoms with van der Waals surface area (Å²) in [7, 11) is 0. The zero-order chi connectivity index (χ0) is 27.4. The maximum absolute atomic E-state index is 15.1. The third-order valence-corrected chi connectivity index (χ3v) is 6.39. The predicted molar refractivity (Wildman–Crippen MR) is 140 cm³/mol. The molecule has 0 radical (unpaired) electrons. The minimum Gasteiger partial charge on any atom is -0.397 e. The fourth-order valence-corrected chi connectivity index (χ4v) is 4.31. The number of aromatic nitrogens is 3. The van der Waals surface area contributed by atoms with Gasteiger partial charge in [-0.1, -0.05) is 16.4 Å². The Balaban J connectivity index is 1.15. The number of nitrogens with one attached hydrogen (secondary N) is 2. The lowest BCUT2D eigenvalue weighted by Gasteiger charge is -2.37. The number of nitrogens with zero attached hydrogens (tertiary/aromatic N) is 5. The molecule has 4 heterocycles. The van der Waals surface area contributed by atoms with E-state index in [1.165, 1.54) is 18.5 Å². The van der Waals surface area contributed by atoms with Crippen LogP contribution in [0.1, 0.15) is 23.2 Å². The average molecular weight is 535 g/mol. The van der Waals surface area contributed by atoms with Crippen LogP contribution in [-0.2, 0) is 11.3 Å². The molecule has 13 heteroatoms. The van der Waals surface area contributed by atoms with Crippen LogP contribution in [0.15, 0.2) is 64.0 Å². The molecule has 0 aliphatic carbocycles. The van der Waals surface area contributed by atoms with Crippen molar-refractivity contribution < 1.29 is 23.0 Å². The maximum atomic E-state index is 15.1. The lowest BCUT2D eigenvalue weighted by molar-refractivity contribution is -0.133. The van der Waals surface area contributed by atoms with Crippen LogP contribution in [0.2, 0.25) is 0 Å². The van der Waals surface area contributed by atoms with Crippen LogP contribution in [0.3, 0.4) is 0 Å². The lowest BCUT2D eigenvalue weighted by Crippen LogP contribution is -2.54. The summed E-state index contributed by atoms with van der Waals surface area (Å²) in [6, 6.07) is 10.7. The lowest BCUT2D eigenvalue weighted by atomic mass is 10.1. The molecular formula is C26H27FN8O4. The molecule has 1 aliphatic rings. The van der Waals surface area contributed by atoms with Gasteiger partial charge < -0.3 is 35.2 Å². The number of rotatable bonds is 8. The van der Waals surface area contributed by atoms with Crippen molar-refractivity contribution in [2.75, 3.05) is 42.1 Å². The van der Waals surface area contributed by atoms with Crippen molar-refractivity contribution in [3.05, 3.63) is 72.2 Å². The maximum Gasteiger partial charge on any atom is 0.272 e. The Bertz CT molecular complexity index is 1450. The van der Waals surface area contributed by atoms with Crippen molar-refractivity contribution in [3.8, 4) is 11.3 Å². The monoisotopic (exact) mass is 534 g/mol. The molecule has 202 valence electrons. The highest BCUT2D eigenvalue weighted by Gasteiger charge is 2.28. The summed E-state index contributed by atoms with van der Waals surface area (Å²) in [5, 5.41) is 13.5. The Morgan fingerprint density at radius 1 is 1.13 bits per heavy atom. The van der Waals surface area contributed by atoms with E-state index < -0.39 is 17.8 Å². The normalized spacial score (nSPS) is 14.2. The van der Waals surface area contributed by atoms with Gasteiger partial charge in [0.1, 0.15) is 23.8 Å². The SMILES string of the molecule is C[C@H](NC(=O)c1ncccc1N)C(=O)N1CCN(c2ccc(-c3cc(CNc4ccon4)on3)cc2F)CC1. The number of benzene rings is 1. The summed E-state index contributed by atoms with van der Waals surface area (Å²) < 4.78 is 25.2. The van der Waals surface area contributed by atoms with Crippen LogP contribution in [0.4, 0.5) is 21.6 Å². The number of nitrogen functional groups attached to an aromatic ring is 1. The van der Waals surface area contributed by atoms with E-state index >= 15 is 4.39 Å². The van der Waals surface area contributed by atoms with Gasteiger partial charge in [-0.15, -0.1) is 0 Å². The Labute approximate surface area is 222 Å². The first kappa shape index (κ1) is 25.7. The molecule has 1 aromatic carbocycles.